The van der Waals surface area contributed by atoms with Crippen molar-refractivity contribution >= 4 is 11.6 Å². The van der Waals surface area contributed by atoms with E-state index in [0.717, 1.165) is 29.1 Å². The zero-order valence-electron chi connectivity index (χ0n) is 10.2. The second kappa shape index (κ2) is 7.20. The molecule has 0 amide bonds. The first-order chi connectivity index (χ1) is 8.21. The van der Waals surface area contributed by atoms with Gasteiger partial charge in [-0.25, -0.2) is 0 Å². The van der Waals surface area contributed by atoms with Crippen molar-refractivity contribution in [3.05, 3.63) is 34.9 Å². The van der Waals surface area contributed by atoms with Crippen molar-refractivity contribution in [2.24, 2.45) is 5.73 Å². The van der Waals surface area contributed by atoms with Gasteiger partial charge in [0.2, 0.25) is 0 Å². The third-order valence-electron chi connectivity index (χ3n) is 2.33. The van der Waals surface area contributed by atoms with Crippen molar-refractivity contribution in [3.63, 3.8) is 0 Å². The third kappa shape index (κ3) is 4.29. The Morgan fingerprint density at radius 3 is 2.82 bits per heavy atom. The highest BCUT2D eigenvalue weighted by molar-refractivity contribution is 6.25. The van der Waals surface area contributed by atoms with E-state index in [2.05, 4.69) is 0 Å². The van der Waals surface area contributed by atoms with Crippen molar-refractivity contribution in [2.75, 3.05) is 20.3 Å². The Hall–Kier alpha value is -1.19. The van der Waals surface area contributed by atoms with Crippen LogP contribution in [0.3, 0.4) is 0 Å². The van der Waals surface area contributed by atoms with Gasteiger partial charge in [-0.2, -0.15) is 0 Å². The second-order valence-corrected chi connectivity index (χ2v) is 3.97. The van der Waals surface area contributed by atoms with Gasteiger partial charge in [-0.3, -0.25) is 0 Å². The molecule has 1 rings (SSSR count). The van der Waals surface area contributed by atoms with E-state index in [0.29, 0.717) is 13.2 Å². The summed E-state index contributed by atoms with van der Waals surface area (Å²) in [4.78, 5) is 0. The fourth-order valence-corrected chi connectivity index (χ4v) is 1.44. The van der Waals surface area contributed by atoms with Crippen LogP contribution in [0.1, 0.15) is 12.5 Å². The van der Waals surface area contributed by atoms with Crippen molar-refractivity contribution in [2.45, 2.75) is 13.3 Å². The fraction of sp³-hybridized carbons (Fsp3) is 0.385. The molecule has 4 heteroatoms. The van der Waals surface area contributed by atoms with E-state index in [1.165, 1.54) is 5.54 Å². The minimum absolute atomic E-state index is 0.467. The maximum atomic E-state index is 5.70. The minimum atomic E-state index is 0.467. The van der Waals surface area contributed by atoms with Crippen LogP contribution in [0, 0.1) is 0 Å². The van der Waals surface area contributed by atoms with Crippen LogP contribution >= 0.6 is 11.6 Å². The summed E-state index contributed by atoms with van der Waals surface area (Å²) in [5, 5.41) is 0. The predicted octanol–water partition coefficient (Wildman–Crippen LogP) is 2.72. The molecule has 0 radical (unpaired) electrons. The lowest BCUT2D eigenvalue weighted by atomic mass is 10.1. The van der Waals surface area contributed by atoms with Gasteiger partial charge in [0.05, 0.1) is 7.11 Å². The molecule has 0 aliphatic rings. The molecule has 94 valence electrons. The summed E-state index contributed by atoms with van der Waals surface area (Å²) in [5.74, 6) is 1.57. The van der Waals surface area contributed by atoms with Crippen molar-refractivity contribution in [1.29, 1.82) is 0 Å². The van der Waals surface area contributed by atoms with Crippen molar-refractivity contribution in [3.8, 4) is 11.5 Å². The highest BCUT2D eigenvalue weighted by Crippen LogP contribution is 2.25. The van der Waals surface area contributed by atoms with E-state index in [4.69, 9.17) is 26.8 Å². The number of methoxy groups -OCH3 is 1. The van der Waals surface area contributed by atoms with Gasteiger partial charge >= 0.3 is 0 Å². The number of hydrogen-bond donors (Lipinski definition) is 1. The topological polar surface area (TPSA) is 44.5 Å². The van der Waals surface area contributed by atoms with E-state index in [1.54, 1.807) is 7.11 Å². The summed E-state index contributed by atoms with van der Waals surface area (Å²) >= 11 is 5.59. The monoisotopic (exact) mass is 255 g/mol. The summed E-state index contributed by atoms with van der Waals surface area (Å²) in [6.45, 7) is 2.97. The summed E-state index contributed by atoms with van der Waals surface area (Å²) < 4.78 is 10.9. The molecule has 0 unspecified atom stereocenters. The lowest BCUT2D eigenvalue weighted by Gasteiger charge is -2.12. The van der Waals surface area contributed by atoms with Crippen LogP contribution in [-0.4, -0.2) is 20.3 Å². The summed E-state index contributed by atoms with van der Waals surface area (Å²) in [6, 6.07) is 5.75. The Labute approximate surface area is 107 Å². The maximum Gasteiger partial charge on any atom is 0.126 e. The Morgan fingerprint density at radius 2 is 2.24 bits per heavy atom. The first-order valence-electron chi connectivity index (χ1n) is 5.47. The van der Waals surface area contributed by atoms with Crippen LogP contribution in [0.2, 0.25) is 0 Å². The van der Waals surface area contributed by atoms with Gasteiger partial charge in [-0.1, -0.05) is 17.7 Å². The minimum Gasteiger partial charge on any atom is -0.497 e. The van der Waals surface area contributed by atoms with Crippen molar-refractivity contribution in [1.82, 2.24) is 0 Å². The maximum absolute atomic E-state index is 5.70. The Morgan fingerprint density at radius 1 is 1.47 bits per heavy atom. The number of ether oxygens (including phenoxy) is 2. The van der Waals surface area contributed by atoms with Crippen molar-refractivity contribution < 1.29 is 9.47 Å². The summed E-state index contributed by atoms with van der Waals surface area (Å²) in [6.07, 6.45) is 0.781. The van der Waals surface area contributed by atoms with Crippen LogP contribution in [0.5, 0.6) is 11.5 Å². The van der Waals surface area contributed by atoms with Gasteiger partial charge in [0.25, 0.3) is 0 Å². The predicted molar refractivity (Wildman–Crippen MR) is 70.9 cm³/mol. The number of nitrogens with two attached hydrogens (primary N) is 1. The standard InChI is InChI=1S/C13H18ClNO2/c1-10(8-14)9-17-13-7-12(16-2)4-3-11(13)5-6-15/h3-4,7-8H,5-6,9,15H2,1-2H3/b10-8+. The van der Waals surface area contributed by atoms with Gasteiger partial charge in [0, 0.05) is 11.6 Å². The smallest absolute Gasteiger partial charge is 0.126 e. The zero-order valence-corrected chi connectivity index (χ0v) is 11.0. The molecule has 0 bridgehead atoms. The SMILES string of the molecule is COc1ccc(CCN)c(OC/C(C)=C/Cl)c1. The van der Waals surface area contributed by atoms with Crippen LogP contribution < -0.4 is 15.2 Å². The molecule has 3 nitrogen and oxygen atoms in total. The first-order valence-corrected chi connectivity index (χ1v) is 5.90. The highest BCUT2D eigenvalue weighted by atomic mass is 35.5. The molecule has 1 aromatic carbocycles. The normalized spacial score (nSPS) is 11.4. The molecule has 0 fully saturated rings. The molecule has 0 spiro atoms. The quantitative estimate of drug-likeness (QED) is 0.850. The Balaban J connectivity index is 2.84. The van der Waals surface area contributed by atoms with Gasteiger partial charge in [-0.05, 0) is 37.1 Å². The highest BCUT2D eigenvalue weighted by Gasteiger charge is 2.05. The number of rotatable bonds is 6. The molecule has 2 N–H and O–H groups in total. The van der Waals surface area contributed by atoms with E-state index < -0.39 is 0 Å². The summed E-state index contributed by atoms with van der Waals surface area (Å²) in [7, 11) is 1.63. The van der Waals surface area contributed by atoms with Crippen LogP contribution in [-0.2, 0) is 6.42 Å². The average molecular weight is 256 g/mol. The lowest BCUT2D eigenvalue weighted by Crippen LogP contribution is -2.06. The van der Waals surface area contributed by atoms with Gasteiger partial charge < -0.3 is 15.2 Å². The van der Waals surface area contributed by atoms with Gasteiger partial charge in [0.1, 0.15) is 18.1 Å². The molecule has 0 atom stereocenters. The number of hydrogen-bond acceptors (Lipinski definition) is 3. The molecule has 17 heavy (non-hydrogen) atoms. The van der Waals surface area contributed by atoms with Crippen LogP contribution in [0.25, 0.3) is 0 Å². The molecular weight excluding hydrogens is 238 g/mol. The Kier molecular flexibility index (Phi) is 5.87. The molecular formula is C13H18ClNO2. The second-order valence-electron chi connectivity index (χ2n) is 3.76. The third-order valence-corrected chi connectivity index (χ3v) is 2.70. The summed E-state index contributed by atoms with van der Waals surface area (Å²) in [5.41, 5.74) is 9.12. The molecule has 0 saturated carbocycles. The molecule has 0 saturated heterocycles. The van der Waals surface area contributed by atoms with E-state index in [1.807, 2.05) is 25.1 Å². The molecule has 0 aliphatic carbocycles. The number of benzene rings is 1. The Bertz CT molecular complexity index is 391. The van der Waals surface area contributed by atoms with Crippen LogP contribution in [0.15, 0.2) is 29.3 Å². The first kappa shape index (κ1) is 13.9. The average Bonchev–Trinajstić information content (AvgIpc) is 2.37. The van der Waals surface area contributed by atoms with E-state index in [9.17, 15) is 0 Å². The molecule has 0 heterocycles. The molecule has 0 aliphatic heterocycles. The largest absolute Gasteiger partial charge is 0.497 e. The van der Waals surface area contributed by atoms with Crippen LogP contribution in [0.4, 0.5) is 0 Å². The van der Waals surface area contributed by atoms with Gasteiger partial charge in [-0.15, -0.1) is 0 Å². The van der Waals surface area contributed by atoms with E-state index in [-0.39, 0.29) is 0 Å². The number of halogens is 1. The van der Waals surface area contributed by atoms with Gasteiger partial charge in [0.15, 0.2) is 0 Å². The van der Waals surface area contributed by atoms with E-state index >= 15 is 0 Å². The zero-order chi connectivity index (χ0) is 12.7. The molecule has 0 aromatic heterocycles. The lowest BCUT2D eigenvalue weighted by molar-refractivity contribution is 0.343. The fourth-order valence-electron chi connectivity index (χ4n) is 1.38. The molecule has 1 aromatic rings.